The highest BCUT2D eigenvalue weighted by Gasteiger charge is 2.18. The smallest absolute Gasteiger partial charge is 0.278 e. The van der Waals surface area contributed by atoms with Crippen molar-refractivity contribution < 1.29 is 4.79 Å². The summed E-state index contributed by atoms with van der Waals surface area (Å²) >= 11 is 5.93. The van der Waals surface area contributed by atoms with Crippen LogP contribution in [0.5, 0.6) is 0 Å². The Hall–Kier alpha value is -2.67. The van der Waals surface area contributed by atoms with E-state index in [9.17, 15) is 9.59 Å². The van der Waals surface area contributed by atoms with Crippen LogP contribution >= 0.6 is 11.6 Å². The zero-order valence-electron chi connectivity index (χ0n) is 14.2. The second kappa shape index (κ2) is 6.68. The van der Waals surface area contributed by atoms with E-state index in [4.69, 9.17) is 11.6 Å². The molecule has 0 saturated carbocycles. The number of halogens is 1. The average Bonchev–Trinajstić information content (AvgIpc) is 2.92. The van der Waals surface area contributed by atoms with Crippen LogP contribution in [0, 0.1) is 13.8 Å². The van der Waals surface area contributed by atoms with Gasteiger partial charge in [0.05, 0.1) is 22.5 Å². The summed E-state index contributed by atoms with van der Waals surface area (Å²) in [6.45, 7) is 5.80. The second-order valence-electron chi connectivity index (χ2n) is 5.70. The molecule has 0 aliphatic carbocycles. The quantitative estimate of drug-likeness (QED) is 0.772. The minimum Gasteiger partial charge on any atom is -0.355 e. The van der Waals surface area contributed by atoms with Crippen LogP contribution in [0.15, 0.2) is 29.1 Å². The number of nitrogens with zero attached hydrogens (tertiary/aromatic N) is 4. The van der Waals surface area contributed by atoms with Crippen LogP contribution in [-0.2, 0) is 11.3 Å². The van der Waals surface area contributed by atoms with Crippen molar-refractivity contribution in [3.05, 3.63) is 51.0 Å². The van der Waals surface area contributed by atoms with Crippen LogP contribution in [0.2, 0.25) is 5.02 Å². The number of aromatic nitrogens is 4. The number of aryl methyl sites for hydroxylation is 2. The Labute approximate surface area is 149 Å². The van der Waals surface area contributed by atoms with Gasteiger partial charge in [0.1, 0.15) is 12.1 Å². The zero-order chi connectivity index (χ0) is 18.1. The normalized spacial score (nSPS) is 11.0. The summed E-state index contributed by atoms with van der Waals surface area (Å²) < 4.78 is 2.87. The van der Waals surface area contributed by atoms with Crippen molar-refractivity contribution in [1.82, 2.24) is 24.9 Å². The van der Waals surface area contributed by atoms with Crippen LogP contribution in [0.3, 0.4) is 0 Å². The summed E-state index contributed by atoms with van der Waals surface area (Å²) in [4.78, 5) is 24.6. The molecule has 0 spiro atoms. The van der Waals surface area contributed by atoms with Crippen molar-refractivity contribution in [3.63, 3.8) is 0 Å². The highest BCUT2D eigenvalue weighted by Crippen LogP contribution is 2.21. The summed E-state index contributed by atoms with van der Waals surface area (Å²) in [7, 11) is 0. The molecule has 0 saturated heterocycles. The SMILES string of the molecule is CCNC(=O)Cn1nc(C)c2nn(-c3ccc(Cl)cc3)c(C)c2c1=O. The fourth-order valence-corrected chi connectivity index (χ4v) is 2.87. The van der Waals surface area contributed by atoms with Gasteiger partial charge >= 0.3 is 0 Å². The number of benzene rings is 1. The number of amides is 1. The van der Waals surface area contributed by atoms with Crippen molar-refractivity contribution in [2.75, 3.05) is 6.54 Å². The maximum Gasteiger partial charge on any atom is 0.278 e. The van der Waals surface area contributed by atoms with E-state index in [-0.39, 0.29) is 18.0 Å². The van der Waals surface area contributed by atoms with Gasteiger partial charge in [-0.1, -0.05) is 11.6 Å². The van der Waals surface area contributed by atoms with Gasteiger partial charge in [0.15, 0.2) is 0 Å². The lowest BCUT2D eigenvalue weighted by Crippen LogP contribution is -2.34. The fraction of sp³-hybridized carbons (Fsp3) is 0.294. The largest absolute Gasteiger partial charge is 0.355 e. The Bertz CT molecular complexity index is 1000. The van der Waals surface area contributed by atoms with E-state index in [1.165, 1.54) is 4.68 Å². The molecule has 3 rings (SSSR count). The van der Waals surface area contributed by atoms with Crippen molar-refractivity contribution >= 4 is 28.4 Å². The maximum atomic E-state index is 12.8. The maximum absolute atomic E-state index is 12.8. The molecule has 7 nitrogen and oxygen atoms in total. The number of hydrogen-bond acceptors (Lipinski definition) is 4. The van der Waals surface area contributed by atoms with Gasteiger partial charge in [0.25, 0.3) is 5.56 Å². The first kappa shape index (κ1) is 17.2. The average molecular weight is 360 g/mol. The topological polar surface area (TPSA) is 81.8 Å². The van der Waals surface area contributed by atoms with Crippen LogP contribution in [0.25, 0.3) is 16.6 Å². The molecule has 0 radical (unpaired) electrons. The summed E-state index contributed by atoms with van der Waals surface area (Å²) in [5, 5.41) is 12.5. The van der Waals surface area contributed by atoms with E-state index >= 15 is 0 Å². The van der Waals surface area contributed by atoms with Gasteiger partial charge in [-0.25, -0.2) is 9.36 Å². The minimum atomic E-state index is -0.329. The van der Waals surface area contributed by atoms with E-state index in [0.717, 1.165) is 5.69 Å². The highest BCUT2D eigenvalue weighted by atomic mass is 35.5. The lowest BCUT2D eigenvalue weighted by molar-refractivity contribution is -0.121. The number of carbonyl (C=O) groups excluding carboxylic acids is 1. The Balaban J connectivity index is 2.16. The van der Waals surface area contributed by atoms with Crippen molar-refractivity contribution in [2.24, 2.45) is 0 Å². The predicted molar refractivity (Wildman–Crippen MR) is 96.3 cm³/mol. The monoisotopic (exact) mass is 359 g/mol. The molecule has 1 amide bonds. The Kier molecular flexibility index (Phi) is 4.59. The summed E-state index contributed by atoms with van der Waals surface area (Å²) in [6.07, 6.45) is 0. The number of fused-ring (bicyclic) bond motifs is 1. The number of nitrogens with one attached hydrogen (secondary N) is 1. The number of likely N-dealkylation sites (N-methyl/N-ethyl adjacent to an activating group) is 1. The van der Waals surface area contributed by atoms with Gasteiger partial charge in [0, 0.05) is 11.6 Å². The Morgan fingerprint density at radius 3 is 2.52 bits per heavy atom. The zero-order valence-corrected chi connectivity index (χ0v) is 15.0. The molecule has 130 valence electrons. The molecular formula is C17H18ClN5O2. The first-order chi connectivity index (χ1) is 11.9. The second-order valence-corrected chi connectivity index (χ2v) is 6.14. The molecule has 1 aromatic carbocycles. The van der Waals surface area contributed by atoms with Crippen LogP contribution in [-0.4, -0.2) is 32.0 Å². The van der Waals surface area contributed by atoms with Crippen molar-refractivity contribution in [3.8, 4) is 5.69 Å². The standard InChI is InChI=1S/C17H18ClN5O2/c1-4-19-14(24)9-22-17(25)15-11(3)23(21-16(15)10(2)20-22)13-7-5-12(18)6-8-13/h5-8H,4,9H2,1-3H3,(H,19,24). The summed E-state index contributed by atoms with van der Waals surface area (Å²) in [5.74, 6) is -0.251. The molecule has 0 unspecified atom stereocenters. The minimum absolute atomic E-state index is 0.116. The molecule has 3 aromatic rings. The van der Waals surface area contributed by atoms with Crippen molar-refractivity contribution in [1.29, 1.82) is 0 Å². The first-order valence-electron chi connectivity index (χ1n) is 7.92. The molecule has 0 aliphatic heterocycles. The molecular weight excluding hydrogens is 342 g/mol. The molecule has 0 bridgehead atoms. The highest BCUT2D eigenvalue weighted by molar-refractivity contribution is 6.30. The molecule has 0 aliphatic rings. The first-order valence-corrected chi connectivity index (χ1v) is 8.30. The van der Waals surface area contributed by atoms with Gasteiger partial charge in [-0.05, 0) is 45.0 Å². The fourth-order valence-electron chi connectivity index (χ4n) is 2.74. The number of hydrogen-bond donors (Lipinski definition) is 1. The van der Waals surface area contributed by atoms with Gasteiger partial charge in [-0.2, -0.15) is 10.2 Å². The molecule has 0 fully saturated rings. The molecule has 0 atom stereocenters. The predicted octanol–water partition coefficient (Wildman–Crippen LogP) is 1.99. The van der Waals surface area contributed by atoms with E-state index in [0.29, 0.717) is 33.9 Å². The Morgan fingerprint density at radius 2 is 1.88 bits per heavy atom. The van der Waals surface area contributed by atoms with E-state index < -0.39 is 0 Å². The third-order valence-corrected chi connectivity index (χ3v) is 4.17. The van der Waals surface area contributed by atoms with Gasteiger partial charge in [-0.15, -0.1) is 0 Å². The van der Waals surface area contributed by atoms with E-state index in [1.54, 1.807) is 23.7 Å². The Morgan fingerprint density at radius 1 is 1.20 bits per heavy atom. The third kappa shape index (κ3) is 3.15. The summed E-state index contributed by atoms with van der Waals surface area (Å²) in [5.41, 5.74) is 2.29. The van der Waals surface area contributed by atoms with Gasteiger partial charge in [0.2, 0.25) is 5.91 Å². The molecule has 1 N–H and O–H groups in total. The van der Waals surface area contributed by atoms with Gasteiger partial charge in [-0.3, -0.25) is 9.59 Å². The van der Waals surface area contributed by atoms with E-state index in [2.05, 4.69) is 15.5 Å². The molecule has 2 heterocycles. The van der Waals surface area contributed by atoms with Gasteiger partial charge < -0.3 is 5.32 Å². The lowest BCUT2D eigenvalue weighted by Gasteiger charge is -2.06. The number of carbonyl (C=O) groups is 1. The van der Waals surface area contributed by atoms with Crippen molar-refractivity contribution in [2.45, 2.75) is 27.3 Å². The summed E-state index contributed by atoms with van der Waals surface area (Å²) in [6, 6.07) is 7.19. The molecule has 25 heavy (non-hydrogen) atoms. The lowest BCUT2D eigenvalue weighted by atomic mass is 10.2. The van der Waals surface area contributed by atoms with Crippen LogP contribution in [0.1, 0.15) is 18.3 Å². The van der Waals surface area contributed by atoms with E-state index in [1.807, 2.05) is 26.0 Å². The molecule has 2 aromatic heterocycles. The molecule has 8 heteroatoms. The van der Waals surface area contributed by atoms with Crippen LogP contribution < -0.4 is 10.9 Å². The van der Waals surface area contributed by atoms with Crippen LogP contribution in [0.4, 0.5) is 0 Å². The number of rotatable bonds is 4. The third-order valence-electron chi connectivity index (χ3n) is 3.92.